The maximum Gasteiger partial charge on any atom is 0.254 e. The van der Waals surface area contributed by atoms with Crippen molar-refractivity contribution in [3.63, 3.8) is 0 Å². The molecule has 1 aliphatic rings. The molecule has 0 atom stereocenters. The van der Waals surface area contributed by atoms with Crippen LogP contribution in [0.15, 0.2) is 0 Å². The molecule has 2 amide bonds. The molecule has 0 bridgehead atoms. The summed E-state index contributed by atoms with van der Waals surface area (Å²) in [6.45, 7) is 18.6. The Balaban J connectivity index is 2.25. The highest BCUT2D eigenvalue weighted by atomic mass is 32.1. The summed E-state index contributed by atoms with van der Waals surface area (Å²) in [6, 6.07) is 0. The van der Waals surface area contributed by atoms with E-state index in [9.17, 15) is 9.59 Å². The average molecular weight is 379 g/mol. The molecule has 146 valence electrons. The predicted octanol–water partition coefficient (Wildman–Crippen LogP) is 5.29. The van der Waals surface area contributed by atoms with Crippen LogP contribution in [0.25, 0.3) is 0 Å². The van der Waals surface area contributed by atoms with Gasteiger partial charge in [0, 0.05) is 16.3 Å². The average Bonchev–Trinajstić information content (AvgIpc) is 2.70. The lowest BCUT2D eigenvalue weighted by Gasteiger charge is -2.26. The van der Waals surface area contributed by atoms with E-state index in [2.05, 4.69) is 45.3 Å². The summed E-state index contributed by atoms with van der Waals surface area (Å²) in [4.78, 5) is 26.9. The summed E-state index contributed by atoms with van der Waals surface area (Å²) in [7, 11) is 0. The Morgan fingerprint density at radius 1 is 1.12 bits per heavy atom. The molecule has 1 fully saturated rings. The maximum absolute atomic E-state index is 13.0. The van der Waals surface area contributed by atoms with Gasteiger partial charge >= 0.3 is 0 Å². The highest BCUT2D eigenvalue weighted by Crippen LogP contribution is 2.68. The quantitative estimate of drug-likeness (QED) is 0.706. The minimum absolute atomic E-state index is 0.0168. The van der Waals surface area contributed by atoms with Gasteiger partial charge in [0.1, 0.15) is 5.00 Å². The van der Waals surface area contributed by atoms with Crippen molar-refractivity contribution in [1.29, 1.82) is 0 Å². The molecule has 2 rings (SSSR count). The number of rotatable bonds is 6. The molecule has 0 aromatic carbocycles. The number of anilines is 1. The molecule has 0 saturated heterocycles. The molecule has 5 heteroatoms. The second kappa shape index (κ2) is 6.66. The van der Waals surface area contributed by atoms with Crippen molar-refractivity contribution in [3.8, 4) is 0 Å². The first kappa shape index (κ1) is 20.9. The summed E-state index contributed by atoms with van der Waals surface area (Å²) in [5.41, 5.74) is 1.25. The van der Waals surface area contributed by atoms with Crippen LogP contribution in [0.1, 0.15) is 82.1 Å². The number of aryl methyl sites for hydroxylation is 1. The fraction of sp³-hybridized carbons (Fsp3) is 0.714. The molecule has 0 aliphatic heterocycles. The van der Waals surface area contributed by atoms with E-state index in [-0.39, 0.29) is 34.1 Å². The molecule has 0 radical (unpaired) electrons. The van der Waals surface area contributed by atoms with Gasteiger partial charge in [-0.05, 0) is 50.5 Å². The third-order valence-corrected chi connectivity index (χ3v) is 7.58. The van der Waals surface area contributed by atoms with E-state index in [0.717, 1.165) is 23.3 Å². The van der Waals surface area contributed by atoms with Crippen LogP contribution >= 0.6 is 11.3 Å². The zero-order chi connectivity index (χ0) is 20.1. The van der Waals surface area contributed by atoms with Gasteiger partial charge < -0.3 is 10.6 Å². The van der Waals surface area contributed by atoms with Gasteiger partial charge in [-0.15, -0.1) is 11.3 Å². The zero-order valence-electron chi connectivity index (χ0n) is 17.7. The third-order valence-electron chi connectivity index (χ3n) is 6.46. The second-order valence-electron chi connectivity index (χ2n) is 9.44. The van der Waals surface area contributed by atoms with Crippen molar-refractivity contribution in [2.45, 2.75) is 80.7 Å². The first-order valence-corrected chi connectivity index (χ1v) is 10.3. The Kier molecular flexibility index (Phi) is 5.37. The van der Waals surface area contributed by atoms with Crippen LogP contribution in [0.3, 0.4) is 0 Å². The Morgan fingerprint density at radius 3 is 2.12 bits per heavy atom. The largest absolute Gasteiger partial charge is 0.347 e. The Bertz CT molecular complexity index is 715. The van der Waals surface area contributed by atoms with Crippen LogP contribution in [0, 0.1) is 30.6 Å². The van der Waals surface area contributed by atoms with Crippen LogP contribution in [-0.2, 0) is 4.79 Å². The number of carbonyl (C=O) groups excluding carboxylic acids is 2. The van der Waals surface area contributed by atoms with Crippen LogP contribution in [0.4, 0.5) is 5.00 Å². The molecule has 1 aromatic heterocycles. The van der Waals surface area contributed by atoms with Crippen LogP contribution in [-0.4, -0.2) is 17.4 Å². The fourth-order valence-electron chi connectivity index (χ4n) is 4.08. The van der Waals surface area contributed by atoms with Gasteiger partial charge in [0.2, 0.25) is 5.91 Å². The molecule has 4 nitrogen and oxygen atoms in total. The Labute approximate surface area is 162 Å². The SMILES string of the molecule is CCCC(C)(C)NC(=O)c1c(NC(=O)C2C(C)(C)C2(C)C)sc(C)c1C. The molecular formula is C21H34N2O2S. The smallest absolute Gasteiger partial charge is 0.254 e. The van der Waals surface area contributed by atoms with Crippen molar-refractivity contribution >= 4 is 28.2 Å². The van der Waals surface area contributed by atoms with Gasteiger partial charge in [-0.2, -0.15) is 0 Å². The molecule has 1 heterocycles. The van der Waals surface area contributed by atoms with Gasteiger partial charge in [0.05, 0.1) is 5.56 Å². The third kappa shape index (κ3) is 3.55. The van der Waals surface area contributed by atoms with E-state index < -0.39 is 0 Å². The van der Waals surface area contributed by atoms with E-state index >= 15 is 0 Å². The summed E-state index contributed by atoms with van der Waals surface area (Å²) in [5, 5.41) is 6.87. The minimum atomic E-state index is -0.268. The number of nitrogens with one attached hydrogen (secondary N) is 2. The zero-order valence-corrected chi connectivity index (χ0v) is 18.5. The van der Waals surface area contributed by atoms with Gasteiger partial charge in [-0.25, -0.2) is 0 Å². The number of amides is 2. The summed E-state index contributed by atoms with van der Waals surface area (Å²) >= 11 is 1.49. The van der Waals surface area contributed by atoms with E-state index in [1.54, 1.807) is 0 Å². The molecule has 1 aliphatic carbocycles. The molecule has 0 unspecified atom stereocenters. The summed E-state index contributed by atoms with van der Waals surface area (Å²) < 4.78 is 0. The molecule has 26 heavy (non-hydrogen) atoms. The number of thiophene rings is 1. The normalized spacial score (nSPS) is 18.5. The van der Waals surface area contributed by atoms with Crippen molar-refractivity contribution in [3.05, 3.63) is 16.0 Å². The van der Waals surface area contributed by atoms with Crippen molar-refractivity contribution in [1.82, 2.24) is 5.32 Å². The molecule has 1 saturated carbocycles. The highest BCUT2D eigenvalue weighted by Gasteiger charge is 2.68. The van der Waals surface area contributed by atoms with Crippen molar-refractivity contribution in [2.75, 3.05) is 5.32 Å². The van der Waals surface area contributed by atoms with Crippen molar-refractivity contribution in [2.24, 2.45) is 16.7 Å². The van der Waals surface area contributed by atoms with Crippen molar-refractivity contribution < 1.29 is 9.59 Å². The summed E-state index contributed by atoms with van der Waals surface area (Å²) in [5.74, 6) is -0.122. The van der Waals surface area contributed by atoms with Crippen LogP contribution in [0.5, 0.6) is 0 Å². The Morgan fingerprint density at radius 2 is 1.65 bits per heavy atom. The number of hydrogen-bond donors (Lipinski definition) is 2. The van der Waals surface area contributed by atoms with E-state index in [1.807, 2.05) is 27.7 Å². The molecule has 2 N–H and O–H groups in total. The maximum atomic E-state index is 13.0. The van der Waals surface area contributed by atoms with Crippen LogP contribution < -0.4 is 10.6 Å². The standard InChI is InChI=1S/C21H34N2O2S/c1-10-11-19(4,5)23-16(24)14-12(2)13(3)26-18(14)22-17(25)15-20(6,7)21(15,8)9/h15H,10-11H2,1-9H3,(H,22,25)(H,23,24). The van der Waals surface area contributed by atoms with Gasteiger partial charge in [0.25, 0.3) is 5.91 Å². The lowest BCUT2D eigenvalue weighted by molar-refractivity contribution is -0.118. The van der Waals surface area contributed by atoms with Crippen LogP contribution in [0.2, 0.25) is 0 Å². The lowest BCUT2D eigenvalue weighted by Crippen LogP contribution is -2.43. The molecular weight excluding hydrogens is 344 g/mol. The molecule has 0 spiro atoms. The van der Waals surface area contributed by atoms with E-state index in [0.29, 0.717) is 10.6 Å². The topological polar surface area (TPSA) is 58.2 Å². The monoisotopic (exact) mass is 378 g/mol. The lowest BCUT2D eigenvalue weighted by atomic mass is 9.98. The van der Waals surface area contributed by atoms with E-state index in [1.165, 1.54) is 11.3 Å². The number of carbonyl (C=O) groups is 2. The highest BCUT2D eigenvalue weighted by molar-refractivity contribution is 7.16. The minimum Gasteiger partial charge on any atom is -0.347 e. The first-order chi connectivity index (χ1) is 11.8. The molecule has 1 aromatic rings. The second-order valence-corrected chi connectivity index (χ2v) is 10.7. The van der Waals surface area contributed by atoms with Gasteiger partial charge in [0.15, 0.2) is 0 Å². The van der Waals surface area contributed by atoms with Gasteiger partial charge in [-0.1, -0.05) is 41.0 Å². The number of hydrogen-bond acceptors (Lipinski definition) is 3. The van der Waals surface area contributed by atoms with Gasteiger partial charge in [-0.3, -0.25) is 9.59 Å². The first-order valence-electron chi connectivity index (χ1n) is 9.49. The Hall–Kier alpha value is -1.36. The van der Waals surface area contributed by atoms with E-state index in [4.69, 9.17) is 0 Å². The summed E-state index contributed by atoms with van der Waals surface area (Å²) in [6.07, 6.45) is 1.91. The predicted molar refractivity (Wildman–Crippen MR) is 110 cm³/mol. The fourth-order valence-corrected chi connectivity index (χ4v) is 5.14.